The minimum Gasteiger partial charge on any atom is -0.481 e. The predicted molar refractivity (Wildman–Crippen MR) is 480 cm³/mol. The van der Waals surface area contributed by atoms with Crippen molar-refractivity contribution < 1.29 is 33.7 Å². The summed E-state index contributed by atoms with van der Waals surface area (Å²) >= 11 is 0. The highest BCUT2D eigenvalue weighted by molar-refractivity contribution is 5.97. The summed E-state index contributed by atoms with van der Waals surface area (Å²) in [4.78, 5) is 163. The van der Waals surface area contributed by atoms with E-state index in [9.17, 15) is 48.3 Å². The Balaban J connectivity index is 0.000000158. The zero-order valence-electron chi connectivity index (χ0n) is 72.4. The fourth-order valence-electron chi connectivity index (χ4n) is 14.0. The standard InChI is InChI=1S/C17H14N4O3.C13H14N4O2.2C12H12N4O2.C12H12N4O.C12H14N4O.C11H10N4O2/c1-3-12-14(17(23)24-10-11-7-5-4-6-8-11)20-15-13(18-2)9-19-21(15)16(12)22;1-4-6-10(18)11-8(5-2)13(19)17-12(16-11)9(14-3)7-15-17;1-4-5-8-10(7-18-3)15-11-9(13-2)6-14-16(11)12(8)17;1-4-7-10(9(17)5-2)15-11-8(13-3)6-14-16(11)12(7)18;1-13-10-7-14-16-11(10)15-9-6-4-3-5-8(9)12(16)17-2;1-4-6-9-8(5-2)12(17)16-11(15-9)10(13-3)7-14-16;1-3-4-7-9(6-16)14-10-8(12-2)5-13-15(10)11(7)17/h4-9,19H,3,10H2,1H3;7,15H,4-6H2,1-2H3;4,6,14H,1,5,7H2,3H3;6,14H,4-5H2,1-2H3;7H,3-6H2,2H3;7,14H,4-6H2,1-2H3;3,5,13,16H,1,4,6H2. The van der Waals surface area contributed by atoms with Gasteiger partial charge in [-0.1, -0.05) is 97.4 Å². The van der Waals surface area contributed by atoms with Gasteiger partial charge in [-0.25, -0.2) is 101 Å². The maximum Gasteiger partial charge on any atom is 0.357 e. The van der Waals surface area contributed by atoms with Gasteiger partial charge in [0.15, 0.2) is 56.8 Å². The van der Waals surface area contributed by atoms with Crippen LogP contribution in [0.4, 0.5) is 39.8 Å². The molecule has 0 saturated carbocycles. The summed E-state index contributed by atoms with van der Waals surface area (Å²) in [5.74, 6) is -0.258. The SMILES string of the molecule is [C-]#[N+]c1c[nH]n2c(=O)c(CC)c(C(=O)CC)nc12.[C-]#[N+]c1c[nH]n2c(=O)c(CC)c(C(=O)CCC)nc12.[C-]#[N+]c1c[nH]n2c(=O)c(CC)c(C(=O)OCc3ccccc3)nc12.[C-]#[N+]c1c[nH]n2c(=O)c(CC)c(CCC)nc12.[C-]#[N+]c1c[nH]n2c(=O)c(CC=C)c(CO)nc12.[C-]#[N+]c1c[nH]n2c(=O)c(CC=C)c(COC)nc12.[C-]#[N+]c1cnn2c(OC)c3c(nc12)CCCC3. The molecule has 0 radical (unpaired) electrons. The van der Waals surface area contributed by atoms with Gasteiger partial charge in [0.05, 0.1) is 95.2 Å². The van der Waals surface area contributed by atoms with Crippen LogP contribution in [0.25, 0.3) is 73.4 Å². The number of rotatable bonds is 22. The Morgan fingerprint density at radius 1 is 0.454 bits per heavy atom. The minimum absolute atomic E-state index is 0.0390. The third kappa shape index (κ3) is 19.6. The van der Waals surface area contributed by atoms with E-state index in [1.165, 1.54) is 71.4 Å². The Labute approximate surface area is 739 Å². The lowest BCUT2D eigenvalue weighted by atomic mass is 9.97. The second-order valence-electron chi connectivity index (χ2n) is 28.2. The molecule has 15 aromatic rings. The van der Waals surface area contributed by atoms with E-state index < -0.39 is 11.5 Å². The van der Waals surface area contributed by atoms with Crippen molar-refractivity contribution in [1.82, 2.24) is 102 Å². The molecular weight excluding hydrogens is 1670 g/mol. The summed E-state index contributed by atoms with van der Waals surface area (Å²) in [7, 11) is 3.18. The molecule has 0 aliphatic heterocycles. The number of aliphatic hydroxyl groups is 1. The molecular formula is C89H88N28O13. The van der Waals surface area contributed by atoms with Crippen LogP contribution in [0.1, 0.15) is 186 Å². The molecule has 7 N–H and O–H groups in total. The van der Waals surface area contributed by atoms with E-state index in [1.807, 2.05) is 51.1 Å². The Morgan fingerprint density at radius 2 is 0.838 bits per heavy atom. The molecule has 1 aromatic carbocycles. The monoisotopic (exact) mass is 1760 g/mol. The summed E-state index contributed by atoms with van der Waals surface area (Å²) in [5, 5.41) is 29.6. The van der Waals surface area contributed by atoms with Crippen molar-refractivity contribution in [3.05, 3.63) is 325 Å². The summed E-state index contributed by atoms with van der Waals surface area (Å²) < 4.78 is 24.8. The van der Waals surface area contributed by atoms with Gasteiger partial charge in [-0.3, -0.25) is 38.4 Å². The fourth-order valence-corrected chi connectivity index (χ4v) is 14.0. The number of nitrogens with zero attached hydrogens (tertiary/aromatic N) is 22. The summed E-state index contributed by atoms with van der Waals surface area (Å²) in [6.07, 6.45) is 23.3. The highest BCUT2D eigenvalue weighted by Crippen LogP contribution is 2.33. The molecule has 662 valence electrons. The van der Waals surface area contributed by atoms with Gasteiger partial charge in [0, 0.05) is 96.2 Å². The lowest BCUT2D eigenvalue weighted by Crippen LogP contribution is -2.25. The third-order valence-corrected chi connectivity index (χ3v) is 20.3. The number of nitrogens with one attached hydrogen (secondary N) is 6. The Morgan fingerprint density at radius 3 is 1.23 bits per heavy atom. The van der Waals surface area contributed by atoms with E-state index in [-0.39, 0.29) is 134 Å². The smallest absolute Gasteiger partial charge is 0.357 e. The van der Waals surface area contributed by atoms with Crippen molar-refractivity contribution in [2.75, 3.05) is 14.2 Å². The molecule has 1 aliphatic rings. The van der Waals surface area contributed by atoms with Crippen LogP contribution in [0.3, 0.4) is 0 Å². The lowest BCUT2D eigenvalue weighted by molar-refractivity contribution is 0.0464. The lowest BCUT2D eigenvalue weighted by Gasteiger charge is -2.18. The van der Waals surface area contributed by atoms with E-state index in [2.05, 4.69) is 125 Å². The van der Waals surface area contributed by atoms with Gasteiger partial charge >= 0.3 is 5.97 Å². The molecule has 0 fully saturated rings. The maximum absolute atomic E-state index is 12.5. The van der Waals surface area contributed by atoms with Crippen molar-refractivity contribution in [2.24, 2.45) is 0 Å². The van der Waals surface area contributed by atoms with Crippen LogP contribution in [0.5, 0.6) is 5.88 Å². The number of allylic oxidation sites excluding steroid dienone is 2. The van der Waals surface area contributed by atoms with Crippen molar-refractivity contribution in [3.63, 3.8) is 0 Å². The van der Waals surface area contributed by atoms with E-state index in [0.717, 1.165) is 72.5 Å². The second-order valence-corrected chi connectivity index (χ2v) is 28.2. The molecule has 130 heavy (non-hydrogen) atoms. The predicted octanol–water partition coefficient (Wildman–Crippen LogP) is 12.8. The van der Waals surface area contributed by atoms with Crippen LogP contribution < -0.4 is 38.1 Å². The Hall–Kier alpha value is -17.2. The number of H-pyrrole nitrogens is 6. The van der Waals surface area contributed by atoms with E-state index in [4.69, 9.17) is 60.2 Å². The van der Waals surface area contributed by atoms with Crippen LogP contribution in [-0.4, -0.2) is 139 Å². The first kappa shape index (κ1) is 95.0. The van der Waals surface area contributed by atoms with Crippen LogP contribution in [-0.2, 0) is 87.1 Å². The number of aryl methyl sites for hydroxylation is 2. The number of hydrogen-bond acceptors (Lipinski definition) is 21. The number of fused-ring (bicyclic) bond motifs is 8. The minimum atomic E-state index is -0.674. The number of Topliss-reactive ketones (excluding diaryl/α,β-unsaturated/α-hetero) is 2. The molecule has 1 aliphatic carbocycles. The van der Waals surface area contributed by atoms with Gasteiger partial charge in [0.1, 0.15) is 18.0 Å². The molecule has 0 unspecified atom stereocenters. The number of aromatic amines is 6. The molecule has 0 spiro atoms. The highest BCUT2D eigenvalue weighted by Gasteiger charge is 2.27. The molecule has 16 rings (SSSR count). The maximum atomic E-state index is 12.5. The first-order valence-corrected chi connectivity index (χ1v) is 40.8. The zero-order valence-corrected chi connectivity index (χ0v) is 72.4. The summed E-state index contributed by atoms with van der Waals surface area (Å²) in [6.45, 7) is 69.4. The molecule has 41 heteroatoms. The molecule has 14 aromatic heterocycles. The highest BCUT2D eigenvalue weighted by atomic mass is 16.5. The average Bonchev–Trinajstić information content (AvgIpc) is 1.62. The van der Waals surface area contributed by atoms with E-state index in [1.54, 1.807) is 50.7 Å². The Kier molecular flexibility index (Phi) is 32.1. The summed E-state index contributed by atoms with van der Waals surface area (Å²) in [5.41, 5.74) is 10.4. The molecule has 0 amide bonds. The number of aliphatic hydroxyl groups excluding tert-OH is 1. The fraction of sp³-hybridized carbons (Fsp3) is 0.303. The van der Waals surface area contributed by atoms with Crippen LogP contribution >= 0.6 is 0 Å². The number of ether oxygens (including phenoxy) is 3. The van der Waals surface area contributed by atoms with Gasteiger partial charge in [-0.05, 0) is 82.6 Å². The largest absolute Gasteiger partial charge is 0.481 e. The topological polar surface area (TPSA) is 461 Å². The normalized spacial score (nSPS) is 11.0. The number of carbonyl (C=O) groups excluding carboxylic acids is 3. The van der Waals surface area contributed by atoms with Gasteiger partial charge in [-0.2, -0.15) is 9.61 Å². The number of carbonyl (C=O) groups is 3. The molecule has 0 bridgehead atoms. The Bertz CT molecular complexity index is 7570. The van der Waals surface area contributed by atoms with Crippen molar-refractivity contribution in [3.8, 4) is 5.88 Å². The van der Waals surface area contributed by atoms with Crippen LogP contribution in [0, 0.1) is 46.0 Å². The van der Waals surface area contributed by atoms with Crippen molar-refractivity contribution >= 4 is 96.9 Å². The molecule has 14 heterocycles. The number of esters is 1. The molecule has 0 saturated heterocycles. The van der Waals surface area contributed by atoms with Gasteiger partial charge in [0.2, 0.25) is 45.7 Å². The van der Waals surface area contributed by atoms with Gasteiger partial charge in [-0.15, -0.1) is 13.2 Å². The zero-order chi connectivity index (χ0) is 94.2. The van der Waals surface area contributed by atoms with Gasteiger partial charge < -0.3 is 49.9 Å². The quantitative estimate of drug-likeness (QED) is 0.0143. The number of hydrogen-bond donors (Lipinski definition) is 7. The number of methoxy groups -OCH3 is 2. The average molecular weight is 1760 g/mol. The first-order valence-electron chi connectivity index (χ1n) is 40.8. The van der Waals surface area contributed by atoms with Crippen molar-refractivity contribution in [1.29, 1.82) is 0 Å². The number of aromatic nitrogens is 21. The van der Waals surface area contributed by atoms with Crippen LogP contribution in [0.15, 0.2) is 128 Å². The molecule has 41 nitrogen and oxygen atoms in total. The van der Waals surface area contributed by atoms with Gasteiger partial charge in [0.25, 0.3) is 33.4 Å². The first-order chi connectivity index (χ1) is 62.9. The van der Waals surface area contributed by atoms with Crippen LogP contribution in [0.2, 0.25) is 0 Å². The second kappa shape index (κ2) is 43.9. The molecule has 0 atom stereocenters. The number of ketones is 2. The third-order valence-electron chi connectivity index (χ3n) is 20.3. The van der Waals surface area contributed by atoms with Crippen molar-refractivity contribution in [2.45, 2.75) is 165 Å². The van der Waals surface area contributed by atoms with E-state index >= 15 is 0 Å². The number of benzene rings is 1. The van der Waals surface area contributed by atoms with E-state index in [0.29, 0.717) is 119 Å². The summed E-state index contributed by atoms with van der Waals surface area (Å²) in [6, 6.07) is 9.23.